The molecular weight excluding hydrogens is 369 g/mol. The molecule has 0 radical (unpaired) electrons. The highest BCUT2D eigenvalue weighted by Crippen LogP contribution is 2.42. The first-order chi connectivity index (χ1) is 13.2. The van der Waals surface area contributed by atoms with Crippen LogP contribution < -0.4 is 10.3 Å². The van der Waals surface area contributed by atoms with Gasteiger partial charge in [0.1, 0.15) is 23.0 Å². The van der Waals surface area contributed by atoms with Crippen LogP contribution in [0.1, 0.15) is 27.7 Å². The van der Waals surface area contributed by atoms with Crippen molar-refractivity contribution in [2.24, 2.45) is 0 Å². The van der Waals surface area contributed by atoms with E-state index in [1.165, 1.54) is 16.5 Å². The molecule has 8 heteroatoms. The van der Waals surface area contributed by atoms with Crippen molar-refractivity contribution in [3.05, 3.63) is 87.0 Å². The topological polar surface area (TPSA) is 76.3 Å². The summed E-state index contributed by atoms with van der Waals surface area (Å²) in [4.78, 5) is 27.5. The largest absolute Gasteiger partial charge is 0.450 e. The lowest BCUT2D eigenvalue weighted by Crippen LogP contribution is -2.30. The van der Waals surface area contributed by atoms with Gasteiger partial charge < -0.3 is 4.42 Å². The predicted octanol–water partition coefficient (Wildman–Crippen LogP) is 3.53. The Morgan fingerprint density at radius 3 is 2.63 bits per heavy atom. The van der Waals surface area contributed by atoms with Gasteiger partial charge in [0, 0.05) is 5.56 Å². The summed E-state index contributed by atoms with van der Waals surface area (Å²) in [6.07, 6.45) is 0. The van der Waals surface area contributed by atoms with Gasteiger partial charge in [0.2, 0.25) is 10.9 Å². The van der Waals surface area contributed by atoms with Crippen molar-refractivity contribution in [3.63, 3.8) is 0 Å². The van der Waals surface area contributed by atoms with Crippen LogP contribution in [0.4, 0.5) is 9.52 Å². The van der Waals surface area contributed by atoms with Crippen LogP contribution in [0, 0.1) is 5.82 Å². The number of benzene rings is 2. The average Bonchev–Trinajstić information content (AvgIpc) is 3.29. The Morgan fingerprint density at radius 1 is 1.07 bits per heavy atom. The number of carbonyl (C=O) groups excluding carboxylic acids is 1. The zero-order chi connectivity index (χ0) is 18.5. The highest BCUT2D eigenvalue weighted by molar-refractivity contribution is 7.13. The van der Waals surface area contributed by atoms with E-state index in [9.17, 15) is 14.0 Å². The lowest BCUT2D eigenvalue weighted by Gasteiger charge is -2.22. The highest BCUT2D eigenvalue weighted by Gasteiger charge is 2.45. The standard InChI is InChI=1S/C19H10FN3O3S/c20-12-7-3-1-5-10(12)15-14-16(24)11-6-2-4-8-13(11)26-17(14)18(25)23(15)19-22-21-9-27-19/h1-9,15H/t15-/m0/s1. The van der Waals surface area contributed by atoms with E-state index < -0.39 is 17.8 Å². The van der Waals surface area contributed by atoms with E-state index in [0.29, 0.717) is 11.0 Å². The second kappa shape index (κ2) is 5.82. The van der Waals surface area contributed by atoms with Gasteiger partial charge in [0.05, 0.1) is 10.9 Å². The number of fused-ring (bicyclic) bond motifs is 2. The molecule has 132 valence electrons. The van der Waals surface area contributed by atoms with Crippen molar-refractivity contribution in [2.75, 3.05) is 4.90 Å². The van der Waals surface area contributed by atoms with E-state index in [2.05, 4.69) is 10.2 Å². The molecule has 0 saturated carbocycles. The van der Waals surface area contributed by atoms with Crippen LogP contribution in [-0.4, -0.2) is 16.1 Å². The molecule has 1 amide bonds. The molecule has 0 bridgehead atoms. The SMILES string of the molecule is O=C1c2oc3ccccc3c(=O)c2[C@H](c2ccccc2F)N1c1nncs1. The lowest BCUT2D eigenvalue weighted by atomic mass is 9.98. The third-order valence-electron chi connectivity index (χ3n) is 4.53. The van der Waals surface area contributed by atoms with Crippen molar-refractivity contribution in [1.29, 1.82) is 0 Å². The number of rotatable bonds is 2. The number of hydrogen-bond donors (Lipinski definition) is 0. The van der Waals surface area contributed by atoms with Gasteiger partial charge in [-0.25, -0.2) is 4.39 Å². The quantitative estimate of drug-likeness (QED) is 0.533. The summed E-state index contributed by atoms with van der Waals surface area (Å²) in [5.74, 6) is -1.16. The summed E-state index contributed by atoms with van der Waals surface area (Å²) in [5, 5.41) is 8.31. The van der Waals surface area contributed by atoms with Gasteiger partial charge in [-0.05, 0) is 18.2 Å². The highest BCUT2D eigenvalue weighted by atomic mass is 32.1. The van der Waals surface area contributed by atoms with Crippen molar-refractivity contribution < 1.29 is 13.6 Å². The van der Waals surface area contributed by atoms with Gasteiger partial charge in [0.25, 0.3) is 5.91 Å². The number of halogens is 1. The third-order valence-corrected chi connectivity index (χ3v) is 5.22. The summed E-state index contributed by atoms with van der Waals surface area (Å²) >= 11 is 1.13. The Labute approximate surface area is 155 Å². The summed E-state index contributed by atoms with van der Waals surface area (Å²) in [6, 6.07) is 11.7. The number of anilines is 1. The van der Waals surface area contributed by atoms with Crippen LogP contribution >= 0.6 is 11.3 Å². The van der Waals surface area contributed by atoms with Gasteiger partial charge in [-0.2, -0.15) is 0 Å². The van der Waals surface area contributed by atoms with E-state index in [0.717, 1.165) is 11.3 Å². The molecule has 4 aromatic rings. The molecule has 2 aromatic carbocycles. The molecule has 1 aliphatic rings. The second-order valence-electron chi connectivity index (χ2n) is 5.99. The third kappa shape index (κ3) is 2.23. The zero-order valence-electron chi connectivity index (χ0n) is 13.6. The summed E-state index contributed by atoms with van der Waals surface area (Å²) < 4.78 is 20.4. The van der Waals surface area contributed by atoms with E-state index in [1.54, 1.807) is 42.5 Å². The summed E-state index contributed by atoms with van der Waals surface area (Å²) in [6.45, 7) is 0. The molecule has 6 nitrogen and oxygen atoms in total. The minimum atomic E-state index is -0.970. The summed E-state index contributed by atoms with van der Waals surface area (Å²) in [5.41, 5.74) is 1.72. The molecular formula is C19H10FN3O3S. The van der Waals surface area contributed by atoms with Gasteiger partial charge >= 0.3 is 0 Å². The molecule has 0 N–H and O–H groups in total. The minimum Gasteiger partial charge on any atom is -0.450 e. The van der Waals surface area contributed by atoms with Gasteiger partial charge in [-0.3, -0.25) is 14.5 Å². The van der Waals surface area contributed by atoms with Gasteiger partial charge in [-0.15, -0.1) is 10.2 Å². The second-order valence-corrected chi connectivity index (χ2v) is 6.80. The van der Waals surface area contributed by atoms with Crippen LogP contribution in [0.15, 0.2) is 63.3 Å². The predicted molar refractivity (Wildman–Crippen MR) is 97.4 cm³/mol. The molecule has 0 spiro atoms. The molecule has 27 heavy (non-hydrogen) atoms. The molecule has 1 atom stereocenters. The zero-order valence-corrected chi connectivity index (χ0v) is 14.4. The van der Waals surface area contributed by atoms with Crippen molar-refractivity contribution >= 4 is 33.3 Å². The van der Waals surface area contributed by atoms with E-state index >= 15 is 0 Å². The number of aromatic nitrogens is 2. The number of amides is 1. The molecule has 0 saturated heterocycles. The van der Waals surface area contributed by atoms with Crippen molar-refractivity contribution in [3.8, 4) is 0 Å². The lowest BCUT2D eigenvalue weighted by molar-refractivity contribution is 0.0970. The first-order valence-electron chi connectivity index (χ1n) is 8.06. The monoisotopic (exact) mass is 379 g/mol. The molecule has 3 heterocycles. The maximum Gasteiger partial charge on any atom is 0.297 e. The maximum absolute atomic E-state index is 14.6. The average molecular weight is 379 g/mol. The van der Waals surface area contributed by atoms with Crippen LogP contribution in [-0.2, 0) is 0 Å². The Kier molecular flexibility index (Phi) is 3.41. The van der Waals surface area contributed by atoms with E-state index in [-0.39, 0.29) is 27.4 Å². The van der Waals surface area contributed by atoms with Crippen molar-refractivity contribution in [1.82, 2.24) is 10.2 Å². The van der Waals surface area contributed by atoms with Crippen LogP contribution in [0.2, 0.25) is 0 Å². The summed E-state index contributed by atoms with van der Waals surface area (Å²) in [7, 11) is 0. The fraction of sp³-hybridized carbons (Fsp3) is 0.0526. The number of carbonyl (C=O) groups is 1. The molecule has 2 aromatic heterocycles. The molecule has 5 rings (SSSR count). The van der Waals surface area contributed by atoms with Gasteiger partial charge in [-0.1, -0.05) is 41.7 Å². The minimum absolute atomic E-state index is 0.0952. The van der Waals surface area contributed by atoms with Gasteiger partial charge in [0.15, 0.2) is 5.43 Å². The van der Waals surface area contributed by atoms with Crippen LogP contribution in [0.3, 0.4) is 0 Å². The Balaban J connectivity index is 1.87. The Hall–Kier alpha value is -3.39. The Morgan fingerprint density at radius 2 is 1.85 bits per heavy atom. The fourth-order valence-electron chi connectivity index (χ4n) is 3.38. The van der Waals surface area contributed by atoms with Crippen LogP contribution in [0.5, 0.6) is 0 Å². The maximum atomic E-state index is 14.6. The van der Waals surface area contributed by atoms with Crippen LogP contribution in [0.25, 0.3) is 11.0 Å². The van der Waals surface area contributed by atoms with Crippen molar-refractivity contribution in [2.45, 2.75) is 6.04 Å². The molecule has 0 aliphatic carbocycles. The number of nitrogens with zero attached hydrogens (tertiary/aromatic N) is 3. The fourth-order valence-corrected chi connectivity index (χ4v) is 3.96. The first kappa shape index (κ1) is 15.8. The smallest absolute Gasteiger partial charge is 0.297 e. The van der Waals surface area contributed by atoms with E-state index in [4.69, 9.17) is 4.42 Å². The van der Waals surface area contributed by atoms with E-state index in [1.807, 2.05) is 0 Å². The number of para-hydroxylation sites is 1. The number of hydrogen-bond acceptors (Lipinski definition) is 6. The normalized spacial score (nSPS) is 16.1. The molecule has 0 unspecified atom stereocenters. The Bertz CT molecular complexity index is 1250. The molecule has 1 aliphatic heterocycles. The molecule has 0 fully saturated rings. The first-order valence-corrected chi connectivity index (χ1v) is 8.94.